The van der Waals surface area contributed by atoms with Gasteiger partial charge in [0, 0.05) is 5.56 Å². The Balaban J connectivity index is 1.81. The van der Waals surface area contributed by atoms with Gasteiger partial charge in [-0.05, 0) is 62.5 Å². The molecular formula is C21H26O5. The Kier molecular flexibility index (Phi) is 4.30. The molecule has 5 heteroatoms. The molecule has 0 spiro atoms. The maximum Gasteiger partial charge on any atom is 0.342 e. The lowest BCUT2D eigenvalue weighted by Crippen LogP contribution is -2.52. The molecule has 2 saturated carbocycles. The summed E-state index contributed by atoms with van der Waals surface area (Å²) in [6.07, 6.45) is 5.88. The number of aryl methyl sites for hydroxylation is 1. The van der Waals surface area contributed by atoms with Crippen LogP contribution in [-0.4, -0.2) is 34.2 Å². The van der Waals surface area contributed by atoms with Gasteiger partial charge in [-0.1, -0.05) is 18.9 Å². The zero-order chi connectivity index (χ0) is 18.5. The lowest BCUT2D eigenvalue weighted by Gasteiger charge is -2.46. The predicted molar refractivity (Wildman–Crippen MR) is 95.2 cm³/mol. The van der Waals surface area contributed by atoms with E-state index in [9.17, 15) is 19.8 Å². The Hall–Kier alpha value is -1.88. The molecule has 4 atom stereocenters. The van der Waals surface area contributed by atoms with Crippen LogP contribution < -0.4 is 0 Å². The third kappa shape index (κ3) is 2.48. The molecule has 0 radical (unpaired) electrons. The van der Waals surface area contributed by atoms with Crippen LogP contribution in [-0.2, 0) is 11.2 Å². The normalized spacial score (nSPS) is 33.0. The highest BCUT2D eigenvalue weighted by Gasteiger charge is 2.55. The van der Waals surface area contributed by atoms with Crippen LogP contribution in [0.15, 0.2) is 12.1 Å². The topological polar surface area (TPSA) is 83.8 Å². The molecule has 26 heavy (non-hydrogen) atoms. The summed E-state index contributed by atoms with van der Waals surface area (Å²) in [6, 6.07) is 3.16. The fraction of sp³-hybridized carbons (Fsp3) is 0.619. The Morgan fingerprint density at radius 2 is 2.08 bits per heavy atom. The van der Waals surface area contributed by atoms with Crippen LogP contribution in [0.3, 0.4) is 0 Å². The van der Waals surface area contributed by atoms with Gasteiger partial charge in [0.05, 0.1) is 18.1 Å². The summed E-state index contributed by atoms with van der Waals surface area (Å²) >= 11 is 0. The number of rotatable bonds is 2. The van der Waals surface area contributed by atoms with Gasteiger partial charge >= 0.3 is 5.97 Å². The molecule has 3 aliphatic rings. The first-order valence-corrected chi connectivity index (χ1v) is 9.76. The molecule has 0 heterocycles. The molecule has 0 amide bonds. The highest BCUT2D eigenvalue weighted by atomic mass is 16.5. The number of Topliss-reactive ketones (excluding diaryl/α,β-unsaturated/α-hetero) is 1. The number of hydrogen-bond donors (Lipinski definition) is 2. The minimum Gasteiger partial charge on any atom is -0.507 e. The third-order valence-corrected chi connectivity index (χ3v) is 6.84. The number of aliphatic hydroxyl groups is 1. The Labute approximate surface area is 153 Å². The van der Waals surface area contributed by atoms with E-state index in [0.717, 1.165) is 31.2 Å². The van der Waals surface area contributed by atoms with E-state index in [0.29, 0.717) is 25.2 Å². The van der Waals surface area contributed by atoms with E-state index in [-0.39, 0.29) is 35.2 Å². The van der Waals surface area contributed by atoms with E-state index in [1.807, 2.05) is 0 Å². The second-order valence-corrected chi connectivity index (χ2v) is 8.00. The van der Waals surface area contributed by atoms with Crippen LogP contribution in [0.2, 0.25) is 0 Å². The van der Waals surface area contributed by atoms with Crippen molar-refractivity contribution in [2.24, 2.45) is 17.8 Å². The van der Waals surface area contributed by atoms with Gasteiger partial charge in [0.1, 0.15) is 11.3 Å². The van der Waals surface area contributed by atoms with Crippen LogP contribution in [0.4, 0.5) is 0 Å². The van der Waals surface area contributed by atoms with E-state index in [1.165, 1.54) is 6.07 Å². The summed E-state index contributed by atoms with van der Waals surface area (Å²) < 4.78 is 5.08. The molecule has 0 saturated heterocycles. The van der Waals surface area contributed by atoms with Crippen LogP contribution in [0.1, 0.15) is 71.7 Å². The molecule has 5 nitrogen and oxygen atoms in total. The van der Waals surface area contributed by atoms with Crippen molar-refractivity contribution in [3.8, 4) is 5.75 Å². The lowest BCUT2D eigenvalue weighted by molar-refractivity contribution is -0.0990. The fourth-order valence-corrected chi connectivity index (χ4v) is 5.69. The first-order chi connectivity index (χ1) is 12.5. The number of esters is 1. The number of carbonyl (C=O) groups is 2. The highest BCUT2D eigenvalue weighted by molar-refractivity contribution is 6.10. The molecule has 3 aliphatic carbocycles. The maximum atomic E-state index is 13.5. The zero-order valence-corrected chi connectivity index (χ0v) is 15.2. The largest absolute Gasteiger partial charge is 0.507 e. The van der Waals surface area contributed by atoms with Crippen molar-refractivity contribution in [3.05, 3.63) is 28.8 Å². The van der Waals surface area contributed by atoms with Gasteiger partial charge < -0.3 is 14.9 Å². The van der Waals surface area contributed by atoms with E-state index in [4.69, 9.17) is 4.74 Å². The van der Waals surface area contributed by atoms with Crippen molar-refractivity contribution in [2.75, 3.05) is 6.61 Å². The average molecular weight is 358 g/mol. The minimum atomic E-state index is -1.00. The molecule has 1 aromatic carbocycles. The standard InChI is InChI=1S/C21H26O5/c1-2-26-20(24)18-16(22)9-7-13-10-11-21(25)14-5-3-4-12(14)6-8-15(21)19(23)17(13)18/h7,9,12,14-15,22,25H,2-6,8,10-11H2,1H3/t12-,14-,15+,21-/m0/s1. The molecule has 2 N–H and O–H groups in total. The van der Waals surface area contributed by atoms with Crippen molar-refractivity contribution in [1.29, 1.82) is 0 Å². The second kappa shape index (κ2) is 6.38. The van der Waals surface area contributed by atoms with E-state index in [2.05, 4.69) is 0 Å². The van der Waals surface area contributed by atoms with Gasteiger partial charge in [0.15, 0.2) is 5.78 Å². The van der Waals surface area contributed by atoms with Crippen molar-refractivity contribution in [1.82, 2.24) is 0 Å². The molecule has 1 aromatic rings. The number of fused-ring (bicyclic) bond motifs is 4. The van der Waals surface area contributed by atoms with E-state index >= 15 is 0 Å². The van der Waals surface area contributed by atoms with Crippen LogP contribution in [0.25, 0.3) is 0 Å². The van der Waals surface area contributed by atoms with E-state index < -0.39 is 17.5 Å². The molecule has 0 bridgehead atoms. The second-order valence-electron chi connectivity index (χ2n) is 8.00. The number of ether oxygens (including phenoxy) is 1. The summed E-state index contributed by atoms with van der Waals surface area (Å²) in [6.45, 7) is 1.87. The van der Waals surface area contributed by atoms with E-state index in [1.54, 1.807) is 13.0 Å². The highest BCUT2D eigenvalue weighted by Crippen LogP contribution is 2.54. The third-order valence-electron chi connectivity index (χ3n) is 6.84. The Bertz CT molecular complexity index is 755. The van der Waals surface area contributed by atoms with Crippen molar-refractivity contribution < 1.29 is 24.5 Å². The number of phenolic OH excluding ortho intramolecular Hbond substituents is 1. The number of ketones is 1. The molecule has 0 unspecified atom stereocenters. The monoisotopic (exact) mass is 358 g/mol. The smallest absolute Gasteiger partial charge is 0.342 e. The van der Waals surface area contributed by atoms with Gasteiger partial charge in [-0.3, -0.25) is 4.79 Å². The van der Waals surface area contributed by atoms with Gasteiger partial charge in [-0.2, -0.15) is 0 Å². The molecule has 4 rings (SSSR count). The number of benzene rings is 1. The predicted octanol–water partition coefficient (Wildman–Crippen LogP) is 3.26. The zero-order valence-electron chi connectivity index (χ0n) is 15.2. The average Bonchev–Trinajstić information content (AvgIpc) is 3.06. The summed E-state index contributed by atoms with van der Waals surface area (Å²) in [5.41, 5.74) is -0.0435. The lowest BCUT2D eigenvalue weighted by atomic mass is 9.62. The fourth-order valence-electron chi connectivity index (χ4n) is 5.69. The van der Waals surface area contributed by atoms with Crippen molar-refractivity contribution in [2.45, 2.75) is 57.5 Å². The first kappa shape index (κ1) is 17.5. The maximum absolute atomic E-state index is 13.5. The summed E-state index contributed by atoms with van der Waals surface area (Å²) in [7, 11) is 0. The SMILES string of the molecule is CCOC(=O)c1c(O)ccc2c1C(=O)[C@H]1CC[C@@H]3CCC[C@@H]3[C@@]1(O)CC2. The number of aromatic hydroxyl groups is 1. The number of hydrogen-bond acceptors (Lipinski definition) is 5. The molecular weight excluding hydrogens is 332 g/mol. The van der Waals surface area contributed by atoms with Gasteiger partial charge in [-0.15, -0.1) is 0 Å². The number of phenols is 1. The quantitative estimate of drug-likeness (QED) is 0.793. The van der Waals surface area contributed by atoms with Gasteiger partial charge in [0.2, 0.25) is 0 Å². The summed E-state index contributed by atoms with van der Waals surface area (Å²) in [4.78, 5) is 25.9. The minimum absolute atomic E-state index is 0.0351. The van der Waals surface area contributed by atoms with Gasteiger partial charge in [0.25, 0.3) is 0 Å². The van der Waals surface area contributed by atoms with Crippen molar-refractivity contribution in [3.63, 3.8) is 0 Å². The number of carbonyl (C=O) groups excluding carboxylic acids is 2. The molecule has 2 fully saturated rings. The van der Waals surface area contributed by atoms with Gasteiger partial charge in [-0.25, -0.2) is 4.79 Å². The summed E-state index contributed by atoms with van der Waals surface area (Å²) in [5, 5.41) is 21.9. The van der Waals surface area contributed by atoms with Crippen LogP contribution >= 0.6 is 0 Å². The molecule has 0 aromatic heterocycles. The molecule has 140 valence electrons. The Morgan fingerprint density at radius 1 is 1.27 bits per heavy atom. The first-order valence-electron chi connectivity index (χ1n) is 9.76. The van der Waals surface area contributed by atoms with Crippen LogP contribution in [0.5, 0.6) is 5.75 Å². The molecule has 0 aliphatic heterocycles. The van der Waals surface area contributed by atoms with Crippen molar-refractivity contribution >= 4 is 11.8 Å². The van der Waals surface area contributed by atoms with Crippen LogP contribution in [0, 0.1) is 17.8 Å². The summed E-state index contributed by atoms with van der Waals surface area (Å²) in [5.74, 6) is -0.935. The Morgan fingerprint density at radius 3 is 2.85 bits per heavy atom.